The summed E-state index contributed by atoms with van der Waals surface area (Å²) < 4.78 is 4.91. The number of hydrogen-bond donors (Lipinski definition) is 1. The number of hydrogen-bond acceptors (Lipinski definition) is 6. The van der Waals surface area contributed by atoms with E-state index in [2.05, 4.69) is 44.9 Å². The van der Waals surface area contributed by atoms with Crippen molar-refractivity contribution in [2.24, 2.45) is 28.1 Å². The summed E-state index contributed by atoms with van der Waals surface area (Å²) in [6.07, 6.45) is 6.82. The van der Waals surface area contributed by atoms with E-state index in [4.69, 9.17) is 4.74 Å². The molecule has 5 rings (SSSR count). The van der Waals surface area contributed by atoms with Crippen LogP contribution in [0.15, 0.2) is 35.7 Å². The Labute approximate surface area is 262 Å². The fraction of sp³-hybridized carbons (Fsp3) is 0.657. The standard InChI is InChI=1S/C35H51N3O4S/c1-23(2)28(38(7)30(39)18-34-20-35(21-34,22-34)33(4,5)6)14-15-29-37-27(19-43-29)31(40)36-26(16-24(3)32(41)42-8)17-25-12-10-9-11-13-25/h9-13,19,23-24,26,28H,14-18,20-22H2,1-8H3,(H,36,40)/t24-,26+,28?,34?,35?/m0/s1. The molecule has 1 N–H and O–H groups in total. The van der Waals surface area contributed by atoms with E-state index in [0.717, 1.165) is 17.0 Å². The van der Waals surface area contributed by atoms with Crippen LogP contribution < -0.4 is 5.32 Å². The molecule has 3 saturated carbocycles. The molecule has 0 radical (unpaired) electrons. The molecule has 3 aliphatic rings. The Balaban J connectivity index is 1.32. The van der Waals surface area contributed by atoms with Crippen molar-refractivity contribution in [3.63, 3.8) is 0 Å². The second-order valence-electron chi connectivity index (χ2n) is 14.7. The number of carbonyl (C=O) groups is 3. The maximum Gasteiger partial charge on any atom is 0.308 e. The van der Waals surface area contributed by atoms with E-state index in [0.29, 0.717) is 48.1 Å². The smallest absolute Gasteiger partial charge is 0.308 e. The van der Waals surface area contributed by atoms with Gasteiger partial charge in [-0.2, -0.15) is 0 Å². The van der Waals surface area contributed by atoms with E-state index in [1.807, 2.05) is 49.2 Å². The summed E-state index contributed by atoms with van der Waals surface area (Å²) in [4.78, 5) is 45.4. The van der Waals surface area contributed by atoms with E-state index in [1.54, 1.807) is 5.38 Å². The number of ether oxygens (including phenoxy) is 1. The average molecular weight is 610 g/mol. The highest BCUT2D eigenvalue weighted by Gasteiger charge is 2.71. The zero-order valence-electron chi connectivity index (χ0n) is 27.4. The molecule has 2 bridgehead atoms. The maximum absolute atomic E-state index is 13.4. The monoisotopic (exact) mass is 609 g/mol. The average Bonchev–Trinajstić information content (AvgIpc) is 3.38. The summed E-state index contributed by atoms with van der Waals surface area (Å²) in [5.41, 5.74) is 2.47. The number of esters is 1. The molecule has 43 heavy (non-hydrogen) atoms. The van der Waals surface area contributed by atoms with Gasteiger partial charge in [-0.05, 0) is 66.3 Å². The van der Waals surface area contributed by atoms with Crippen molar-refractivity contribution < 1.29 is 19.1 Å². The van der Waals surface area contributed by atoms with Gasteiger partial charge in [0.15, 0.2) is 0 Å². The number of amides is 2. The number of carbonyl (C=O) groups excluding carboxylic acids is 3. The van der Waals surface area contributed by atoms with Crippen LogP contribution in [0.25, 0.3) is 0 Å². The van der Waals surface area contributed by atoms with Crippen LogP contribution in [0.4, 0.5) is 0 Å². The third-order valence-electron chi connectivity index (χ3n) is 10.3. The molecule has 2 amide bonds. The molecule has 0 aliphatic heterocycles. The van der Waals surface area contributed by atoms with Crippen LogP contribution >= 0.6 is 11.3 Å². The van der Waals surface area contributed by atoms with E-state index in [1.165, 1.54) is 37.7 Å². The molecule has 0 spiro atoms. The summed E-state index contributed by atoms with van der Waals surface area (Å²) in [5, 5.41) is 5.81. The van der Waals surface area contributed by atoms with Crippen LogP contribution in [0.3, 0.4) is 0 Å². The maximum atomic E-state index is 13.4. The number of nitrogens with one attached hydrogen (secondary N) is 1. The first-order chi connectivity index (χ1) is 20.2. The highest BCUT2D eigenvalue weighted by atomic mass is 32.1. The van der Waals surface area contributed by atoms with Crippen LogP contribution in [-0.2, 0) is 27.2 Å². The molecule has 3 fully saturated rings. The van der Waals surface area contributed by atoms with Gasteiger partial charge in [-0.25, -0.2) is 4.98 Å². The Morgan fingerprint density at radius 2 is 1.74 bits per heavy atom. The predicted octanol–water partition coefficient (Wildman–Crippen LogP) is 6.71. The van der Waals surface area contributed by atoms with Crippen molar-refractivity contribution in [1.29, 1.82) is 0 Å². The lowest BCUT2D eigenvalue weighted by Gasteiger charge is -2.76. The molecule has 1 aromatic carbocycles. The fourth-order valence-corrected chi connectivity index (χ4v) is 8.26. The van der Waals surface area contributed by atoms with Crippen molar-refractivity contribution in [3.8, 4) is 0 Å². The molecule has 1 unspecified atom stereocenters. The highest BCUT2D eigenvalue weighted by Crippen LogP contribution is 2.80. The Kier molecular flexibility index (Phi) is 10.1. The van der Waals surface area contributed by atoms with E-state index < -0.39 is 0 Å². The lowest BCUT2D eigenvalue weighted by atomic mass is 9.29. The summed E-state index contributed by atoms with van der Waals surface area (Å²) >= 11 is 1.49. The van der Waals surface area contributed by atoms with Crippen molar-refractivity contribution in [2.45, 2.75) is 105 Å². The molecule has 2 aromatic rings. The summed E-state index contributed by atoms with van der Waals surface area (Å²) in [5.74, 6) is -0.289. The third-order valence-corrected chi connectivity index (χ3v) is 11.2. The van der Waals surface area contributed by atoms with Gasteiger partial charge >= 0.3 is 5.97 Å². The number of thiazole rings is 1. The minimum atomic E-state index is -0.341. The largest absolute Gasteiger partial charge is 0.469 e. The van der Waals surface area contributed by atoms with Crippen LogP contribution in [0.2, 0.25) is 0 Å². The van der Waals surface area contributed by atoms with E-state index >= 15 is 0 Å². The zero-order chi connectivity index (χ0) is 31.6. The summed E-state index contributed by atoms with van der Waals surface area (Å²) in [6, 6.07) is 9.82. The molecule has 1 aromatic heterocycles. The minimum Gasteiger partial charge on any atom is -0.469 e. The minimum absolute atomic E-state index is 0.118. The summed E-state index contributed by atoms with van der Waals surface area (Å²) in [7, 11) is 3.34. The number of benzene rings is 1. The van der Waals surface area contributed by atoms with Crippen LogP contribution in [0.5, 0.6) is 0 Å². The topological polar surface area (TPSA) is 88.6 Å². The van der Waals surface area contributed by atoms with Gasteiger partial charge in [0.25, 0.3) is 5.91 Å². The zero-order valence-corrected chi connectivity index (χ0v) is 28.2. The van der Waals surface area contributed by atoms with Gasteiger partial charge in [0, 0.05) is 37.4 Å². The van der Waals surface area contributed by atoms with Gasteiger partial charge in [-0.15, -0.1) is 11.3 Å². The molecular weight excluding hydrogens is 558 g/mol. The number of aryl methyl sites for hydroxylation is 1. The lowest BCUT2D eigenvalue weighted by Crippen LogP contribution is -2.67. The molecule has 3 aliphatic carbocycles. The number of aromatic nitrogens is 1. The Bertz CT molecular complexity index is 1260. The number of rotatable bonds is 14. The summed E-state index contributed by atoms with van der Waals surface area (Å²) in [6.45, 7) is 13.2. The molecule has 7 nitrogen and oxygen atoms in total. The SMILES string of the molecule is COC(=O)[C@@H](C)C[C@H](Cc1ccccc1)NC(=O)c1csc(CCC(C(C)C)N(C)C(=O)CC23CC(C(C)(C)C)(C2)C3)n1. The predicted molar refractivity (Wildman–Crippen MR) is 172 cm³/mol. The van der Waals surface area contributed by atoms with E-state index in [-0.39, 0.29) is 41.2 Å². The Morgan fingerprint density at radius 1 is 1.09 bits per heavy atom. The second kappa shape index (κ2) is 13.1. The van der Waals surface area contributed by atoms with Gasteiger partial charge < -0.3 is 15.0 Å². The molecule has 8 heteroatoms. The first-order valence-corrected chi connectivity index (χ1v) is 16.7. The van der Waals surface area contributed by atoms with Crippen molar-refractivity contribution >= 4 is 29.1 Å². The van der Waals surface area contributed by atoms with Gasteiger partial charge in [-0.1, -0.05) is 71.9 Å². The van der Waals surface area contributed by atoms with Crippen molar-refractivity contribution in [2.75, 3.05) is 14.2 Å². The van der Waals surface area contributed by atoms with Crippen LogP contribution in [0.1, 0.15) is 101 Å². The van der Waals surface area contributed by atoms with Gasteiger partial charge in [0.05, 0.1) is 18.0 Å². The second-order valence-corrected chi connectivity index (χ2v) is 15.7. The first kappa shape index (κ1) is 33.2. The lowest BCUT2D eigenvalue weighted by molar-refractivity contribution is -0.260. The van der Waals surface area contributed by atoms with Gasteiger partial charge in [0.1, 0.15) is 5.69 Å². The van der Waals surface area contributed by atoms with Gasteiger partial charge in [0.2, 0.25) is 5.91 Å². The third kappa shape index (κ3) is 7.50. The first-order valence-electron chi connectivity index (χ1n) is 15.8. The fourth-order valence-electron chi connectivity index (χ4n) is 7.46. The van der Waals surface area contributed by atoms with Crippen LogP contribution in [0, 0.1) is 28.1 Å². The van der Waals surface area contributed by atoms with Crippen LogP contribution in [-0.4, -0.2) is 53.9 Å². The number of nitrogens with zero attached hydrogens (tertiary/aromatic N) is 2. The van der Waals surface area contributed by atoms with E-state index in [9.17, 15) is 14.4 Å². The van der Waals surface area contributed by atoms with Gasteiger partial charge in [-0.3, -0.25) is 14.4 Å². The van der Waals surface area contributed by atoms with Crippen molar-refractivity contribution in [1.82, 2.24) is 15.2 Å². The quantitative estimate of drug-likeness (QED) is 0.241. The molecular formula is C35H51N3O4S. The Morgan fingerprint density at radius 3 is 2.33 bits per heavy atom. The molecule has 236 valence electrons. The highest BCUT2D eigenvalue weighted by molar-refractivity contribution is 7.09. The van der Waals surface area contributed by atoms with Crippen molar-refractivity contribution in [3.05, 3.63) is 52.0 Å². The molecule has 3 atom stereocenters. The molecule has 1 heterocycles. The molecule has 0 saturated heterocycles. The Hall–Kier alpha value is -2.74. The normalized spacial score (nSPS) is 23.0. The number of methoxy groups -OCH3 is 1.